The fraction of sp³-hybridized carbons (Fsp3) is 0.471. The number of hydrogen-bond acceptors (Lipinski definition) is 5. The Labute approximate surface area is 140 Å². The molecule has 1 fully saturated rings. The standard InChI is InChI=1S/C17H22N2O5/c1-17(2,3)24-16(22)19-13-12(9-18-14(13)20)15(21)23-10-11-7-5-4-6-8-11/h4-8,12-13H,9-10H2,1-3H3,(H,18,20)(H,19,22). The summed E-state index contributed by atoms with van der Waals surface area (Å²) in [7, 11) is 0. The molecule has 0 saturated carbocycles. The summed E-state index contributed by atoms with van der Waals surface area (Å²) in [4.78, 5) is 36.0. The first-order chi connectivity index (χ1) is 11.3. The summed E-state index contributed by atoms with van der Waals surface area (Å²) in [5, 5.41) is 5.00. The number of hydrogen-bond donors (Lipinski definition) is 2. The SMILES string of the molecule is CC(C)(C)OC(=O)NC1C(=O)NCC1C(=O)OCc1ccccc1. The molecule has 0 aromatic heterocycles. The van der Waals surface area contributed by atoms with Gasteiger partial charge < -0.3 is 20.1 Å². The van der Waals surface area contributed by atoms with E-state index in [1.165, 1.54) is 0 Å². The van der Waals surface area contributed by atoms with Crippen molar-refractivity contribution in [3.8, 4) is 0 Å². The maximum absolute atomic E-state index is 12.2. The van der Waals surface area contributed by atoms with E-state index in [-0.39, 0.29) is 13.2 Å². The average molecular weight is 334 g/mol. The van der Waals surface area contributed by atoms with Gasteiger partial charge in [0, 0.05) is 6.54 Å². The first-order valence-corrected chi connectivity index (χ1v) is 7.74. The molecule has 1 saturated heterocycles. The van der Waals surface area contributed by atoms with Gasteiger partial charge in [-0.05, 0) is 26.3 Å². The minimum absolute atomic E-state index is 0.115. The van der Waals surface area contributed by atoms with Gasteiger partial charge >= 0.3 is 12.1 Å². The first kappa shape index (κ1) is 17.8. The van der Waals surface area contributed by atoms with Crippen molar-refractivity contribution in [1.29, 1.82) is 0 Å². The molecule has 1 heterocycles. The molecule has 130 valence electrons. The Morgan fingerprint density at radius 1 is 1.25 bits per heavy atom. The molecule has 0 aliphatic carbocycles. The second-order valence-corrected chi connectivity index (χ2v) is 6.57. The number of alkyl carbamates (subject to hydrolysis) is 1. The smallest absolute Gasteiger partial charge is 0.408 e. The van der Waals surface area contributed by atoms with Crippen LogP contribution in [-0.4, -0.2) is 36.2 Å². The molecule has 2 unspecified atom stereocenters. The van der Waals surface area contributed by atoms with Crippen LogP contribution in [0.15, 0.2) is 30.3 Å². The number of nitrogens with one attached hydrogen (secondary N) is 2. The summed E-state index contributed by atoms with van der Waals surface area (Å²) in [6.45, 7) is 5.38. The number of carbonyl (C=O) groups is 3. The highest BCUT2D eigenvalue weighted by molar-refractivity contribution is 5.94. The van der Waals surface area contributed by atoms with Crippen molar-refractivity contribution in [3.05, 3.63) is 35.9 Å². The Morgan fingerprint density at radius 3 is 2.54 bits per heavy atom. The van der Waals surface area contributed by atoms with Crippen LogP contribution in [0.5, 0.6) is 0 Å². The zero-order chi connectivity index (χ0) is 17.7. The van der Waals surface area contributed by atoms with Gasteiger partial charge in [0.2, 0.25) is 5.91 Å². The third kappa shape index (κ3) is 4.97. The van der Waals surface area contributed by atoms with Crippen molar-refractivity contribution < 1.29 is 23.9 Å². The number of amides is 2. The van der Waals surface area contributed by atoms with Crippen LogP contribution in [-0.2, 0) is 25.7 Å². The number of esters is 1. The summed E-state index contributed by atoms with van der Waals surface area (Å²) >= 11 is 0. The van der Waals surface area contributed by atoms with E-state index in [1.54, 1.807) is 20.8 Å². The van der Waals surface area contributed by atoms with E-state index in [9.17, 15) is 14.4 Å². The predicted octanol–water partition coefficient (Wildman–Crippen LogP) is 1.37. The van der Waals surface area contributed by atoms with Gasteiger partial charge in [-0.2, -0.15) is 0 Å². The molecular formula is C17H22N2O5. The summed E-state index contributed by atoms with van der Waals surface area (Å²) in [6, 6.07) is 8.23. The zero-order valence-corrected chi connectivity index (χ0v) is 14.0. The van der Waals surface area contributed by atoms with Crippen molar-refractivity contribution in [2.24, 2.45) is 5.92 Å². The quantitative estimate of drug-likeness (QED) is 0.811. The summed E-state index contributed by atoms with van der Waals surface area (Å²) < 4.78 is 10.4. The fourth-order valence-electron chi connectivity index (χ4n) is 2.28. The van der Waals surface area contributed by atoms with Crippen molar-refractivity contribution in [3.63, 3.8) is 0 Å². The third-order valence-electron chi connectivity index (χ3n) is 3.38. The van der Waals surface area contributed by atoms with E-state index in [2.05, 4.69) is 10.6 Å². The molecule has 24 heavy (non-hydrogen) atoms. The minimum Gasteiger partial charge on any atom is -0.460 e. The van der Waals surface area contributed by atoms with Gasteiger partial charge in [0.15, 0.2) is 0 Å². The van der Waals surface area contributed by atoms with Crippen molar-refractivity contribution in [1.82, 2.24) is 10.6 Å². The Balaban J connectivity index is 1.93. The summed E-state index contributed by atoms with van der Waals surface area (Å²) in [5.41, 5.74) is 0.155. The molecule has 7 nitrogen and oxygen atoms in total. The minimum atomic E-state index is -0.997. The van der Waals surface area contributed by atoms with Crippen LogP contribution in [0.4, 0.5) is 4.79 Å². The molecule has 1 aliphatic heterocycles. The Kier molecular flexibility index (Phi) is 5.43. The molecule has 1 aromatic carbocycles. The second-order valence-electron chi connectivity index (χ2n) is 6.57. The molecule has 0 spiro atoms. The lowest BCUT2D eigenvalue weighted by Gasteiger charge is -2.22. The van der Waals surface area contributed by atoms with Crippen LogP contribution in [0.3, 0.4) is 0 Å². The van der Waals surface area contributed by atoms with Gasteiger partial charge in [0.25, 0.3) is 0 Å². The molecule has 2 atom stereocenters. The molecule has 7 heteroatoms. The monoisotopic (exact) mass is 334 g/mol. The third-order valence-corrected chi connectivity index (χ3v) is 3.38. The number of rotatable bonds is 4. The van der Waals surface area contributed by atoms with E-state index < -0.39 is 35.5 Å². The molecular weight excluding hydrogens is 312 g/mol. The van der Waals surface area contributed by atoms with Gasteiger partial charge in [0.1, 0.15) is 24.2 Å². The van der Waals surface area contributed by atoms with Gasteiger partial charge in [-0.15, -0.1) is 0 Å². The van der Waals surface area contributed by atoms with Gasteiger partial charge in [0.05, 0.1) is 0 Å². The van der Waals surface area contributed by atoms with E-state index in [1.807, 2.05) is 30.3 Å². The Morgan fingerprint density at radius 2 is 1.92 bits per heavy atom. The lowest BCUT2D eigenvalue weighted by Crippen LogP contribution is -2.47. The second kappa shape index (κ2) is 7.33. The Hall–Kier alpha value is -2.57. The van der Waals surface area contributed by atoms with Crippen LogP contribution in [0.2, 0.25) is 0 Å². The van der Waals surface area contributed by atoms with E-state index >= 15 is 0 Å². The summed E-state index contributed by atoms with van der Waals surface area (Å²) in [6.07, 6.45) is -0.745. The predicted molar refractivity (Wildman–Crippen MR) is 85.9 cm³/mol. The highest BCUT2D eigenvalue weighted by atomic mass is 16.6. The molecule has 0 radical (unpaired) electrons. The van der Waals surface area contributed by atoms with E-state index in [0.717, 1.165) is 5.56 Å². The Bertz CT molecular complexity index is 609. The highest BCUT2D eigenvalue weighted by Crippen LogP contribution is 2.15. The fourth-order valence-corrected chi connectivity index (χ4v) is 2.28. The van der Waals surface area contributed by atoms with Crippen LogP contribution in [0.25, 0.3) is 0 Å². The number of benzene rings is 1. The topological polar surface area (TPSA) is 93.7 Å². The lowest BCUT2D eigenvalue weighted by atomic mass is 10.0. The van der Waals surface area contributed by atoms with E-state index in [0.29, 0.717) is 0 Å². The number of carbonyl (C=O) groups excluding carboxylic acids is 3. The van der Waals surface area contributed by atoms with E-state index in [4.69, 9.17) is 9.47 Å². The molecule has 0 bridgehead atoms. The molecule has 1 aliphatic rings. The van der Waals surface area contributed by atoms with Crippen molar-refractivity contribution >= 4 is 18.0 Å². The van der Waals surface area contributed by atoms with Gasteiger partial charge in [-0.1, -0.05) is 30.3 Å². The van der Waals surface area contributed by atoms with Crippen LogP contribution >= 0.6 is 0 Å². The maximum Gasteiger partial charge on any atom is 0.408 e. The van der Waals surface area contributed by atoms with Crippen LogP contribution in [0, 0.1) is 5.92 Å². The molecule has 2 N–H and O–H groups in total. The lowest BCUT2D eigenvalue weighted by molar-refractivity contribution is -0.150. The van der Waals surface area contributed by atoms with Gasteiger partial charge in [-0.25, -0.2) is 4.79 Å². The van der Waals surface area contributed by atoms with Crippen LogP contribution < -0.4 is 10.6 Å². The zero-order valence-electron chi connectivity index (χ0n) is 14.0. The van der Waals surface area contributed by atoms with Crippen molar-refractivity contribution in [2.45, 2.75) is 39.0 Å². The van der Waals surface area contributed by atoms with Crippen LogP contribution in [0.1, 0.15) is 26.3 Å². The first-order valence-electron chi connectivity index (χ1n) is 7.74. The average Bonchev–Trinajstić information content (AvgIpc) is 2.85. The number of ether oxygens (including phenoxy) is 2. The molecule has 2 amide bonds. The largest absolute Gasteiger partial charge is 0.460 e. The van der Waals surface area contributed by atoms with Crippen molar-refractivity contribution in [2.75, 3.05) is 6.54 Å². The van der Waals surface area contributed by atoms with Gasteiger partial charge in [-0.3, -0.25) is 9.59 Å². The summed E-state index contributed by atoms with van der Waals surface area (Å²) in [5.74, 6) is -1.76. The normalized spacial score (nSPS) is 20.2. The highest BCUT2D eigenvalue weighted by Gasteiger charge is 2.42. The molecule has 2 rings (SSSR count). The molecule has 1 aromatic rings. The maximum atomic E-state index is 12.2.